The highest BCUT2D eigenvalue weighted by atomic mass is 32.2. The molecule has 1 atom stereocenters. The molecule has 8 heavy (non-hydrogen) atoms. The Bertz CT molecular complexity index is 76.5. The highest BCUT2D eigenvalue weighted by Crippen LogP contribution is 2.23. The predicted octanol–water partition coefficient (Wildman–Crippen LogP) is 0.815. The van der Waals surface area contributed by atoms with Gasteiger partial charge in [-0.1, -0.05) is 0 Å². The monoisotopic (exact) mass is 132 g/mol. The fourth-order valence-electron chi connectivity index (χ4n) is 0.692. The zero-order valence-corrected chi connectivity index (χ0v) is 6.40. The van der Waals surface area contributed by atoms with Crippen LogP contribution in [0.4, 0.5) is 0 Å². The lowest BCUT2D eigenvalue weighted by atomic mass is 10.7. The summed E-state index contributed by atoms with van der Waals surface area (Å²) in [5, 5.41) is 5.12. The molecule has 0 N–H and O–H groups in total. The molecule has 0 aromatic heterocycles. The second-order valence-electron chi connectivity index (χ2n) is 2.13. The van der Waals surface area contributed by atoms with Crippen LogP contribution < -0.4 is 0 Å². The molecular formula is C5H12N2S. The van der Waals surface area contributed by atoms with Gasteiger partial charge in [-0.05, 0) is 6.92 Å². The molecule has 0 spiro atoms. The molecule has 0 aliphatic carbocycles. The van der Waals surface area contributed by atoms with E-state index >= 15 is 0 Å². The summed E-state index contributed by atoms with van der Waals surface area (Å²) in [6.07, 6.45) is 0. The maximum Gasteiger partial charge on any atom is 0.0681 e. The number of hydrogen-bond donors (Lipinski definition) is 0. The van der Waals surface area contributed by atoms with Crippen molar-refractivity contribution in [3.8, 4) is 0 Å². The third kappa shape index (κ3) is 0.989. The average Bonchev–Trinajstić information content (AvgIpc) is 1.98. The van der Waals surface area contributed by atoms with Crippen molar-refractivity contribution < 1.29 is 0 Å². The summed E-state index contributed by atoms with van der Waals surface area (Å²) >= 11 is 1.97. The van der Waals surface area contributed by atoms with Crippen LogP contribution in [-0.4, -0.2) is 35.4 Å². The second kappa shape index (κ2) is 2.25. The fraction of sp³-hybridized carbons (Fsp3) is 1.00. The molecular weight excluding hydrogens is 120 g/mol. The average molecular weight is 132 g/mol. The highest BCUT2D eigenvalue weighted by molar-refractivity contribution is 7.99. The van der Waals surface area contributed by atoms with E-state index in [1.165, 1.54) is 0 Å². The Labute approximate surface area is 54.8 Å². The summed E-state index contributed by atoms with van der Waals surface area (Å²) in [6.45, 7) is 2.22. The first-order valence-electron chi connectivity index (χ1n) is 2.77. The van der Waals surface area contributed by atoms with Crippen LogP contribution in [0.2, 0.25) is 0 Å². The normalized spacial score (nSPS) is 34.1. The van der Waals surface area contributed by atoms with Crippen LogP contribution in [0.25, 0.3) is 0 Å². The van der Waals surface area contributed by atoms with Crippen molar-refractivity contribution >= 4 is 11.8 Å². The van der Waals surface area contributed by atoms with Gasteiger partial charge in [0.05, 0.1) is 11.3 Å². The third-order valence-corrected chi connectivity index (χ3v) is 2.88. The van der Waals surface area contributed by atoms with Crippen LogP contribution in [0.5, 0.6) is 0 Å². The van der Waals surface area contributed by atoms with Gasteiger partial charge in [0, 0.05) is 14.1 Å². The Hall–Kier alpha value is 0.270. The summed E-state index contributed by atoms with van der Waals surface area (Å²) in [4.78, 5) is 0. The predicted molar refractivity (Wildman–Crippen MR) is 37.4 cm³/mol. The number of nitrogens with zero attached hydrogens (tertiary/aromatic N) is 2. The lowest BCUT2D eigenvalue weighted by Gasteiger charge is -2.20. The molecule has 1 saturated heterocycles. The largest absolute Gasteiger partial charge is 0.234 e. The third-order valence-electron chi connectivity index (χ3n) is 1.57. The van der Waals surface area contributed by atoms with Crippen LogP contribution in [0, 0.1) is 0 Å². The van der Waals surface area contributed by atoms with Crippen molar-refractivity contribution in [2.75, 3.05) is 20.0 Å². The van der Waals surface area contributed by atoms with Crippen molar-refractivity contribution in [2.45, 2.75) is 12.3 Å². The molecule has 0 aromatic carbocycles. The van der Waals surface area contributed by atoms with E-state index in [0.29, 0.717) is 5.37 Å². The van der Waals surface area contributed by atoms with Crippen molar-refractivity contribution in [3.05, 3.63) is 0 Å². The Morgan fingerprint density at radius 1 is 1.50 bits per heavy atom. The molecule has 1 rings (SSSR count). The summed E-state index contributed by atoms with van der Waals surface area (Å²) in [7, 11) is 4.22. The molecule has 2 nitrogen and oxygen atoms in total. The molecule has 1 heterocycles. The highest BCUT2D eigenvalue weighted by Gasteiger charge is 2.21. The van der Waals surface area contributed by atoms with Gasteiger partial charge in [-0.3, -0.25) is 0 Å². The van der Waals surface area contributed by atoms with Gasteiger partial charge in [-0.2, -0.15) is 0 Å². The lowest BCUT2D eigenvalue weighted by Crippen LogP contribution is -2.32. The fourth-order valence-corrected chi connectivity index (χ4v) is 1.68. The topological polar surface area (TPSA) is 6.48 Å². The van der Waals surface area contributed by atoms with E-state index in [1.807, 2.05) is 11.8 Å². The summed E-state index contributed by atoms with van der Waals surface area (Å²) in [5.41, 5.74) is 0. The molecule has 1 unspecified atom stereocenters. The van der Waals surface area contributed by atoms with Gasteiger partial charge in [0.15, 0.2) is 0 Å². The van der Waals surface area contributed by atoms with Gasteiger partial charge in [0.25, 0.3) is 0 Å². The maximum absolute atomic E-state index is 2.24. The SMILES string of the molecule is CC1SCN(C)N1C. The Morgan fingerprint density at radius 3 is 2.25 bits per heavy atom. The molecule has 1 aliphatic rings. The molecule has 1 fully saturated rings. The minimum absolute atomic E-state index is 0.667. The van der Waals surface area contributed by atoms with Gasteiger partial charge in [-0.25, -0.2) is 10.0 Å². The van der Waals surface area contributed by atoms with Crippen molar-refractivity contribution in [1.29, 1.82) is 0 Å². The van der Waals surface area contributed by atoms with Crippen LogP contribution in [-0.2, 0) is 0 Å². The molecule has 1 aliphatic heterocycles. The molecule has 0 aromatic rings. The van der Waals surface area contributed by atoms with Crippen LogP contribution >= 0.6 is 11.8 Å². The number of hydrazine groups is 1. The first-order chi connectivity index (χ1) is 3.72. The standard InChI is InChI=1S/C5H12N2S/c1-5-7(3)6(2)4-8-5/h5H,4H2,1-3H3. The molecule has 0 saturated carbocycles. The smallest absolute Gasteiger partial charge is 0.0681 e. The van der Waals surface area contributed by atoms with Crippen LogP contribution in [0.1, 0.15) is 6.92 Å². The van der Waals surface area contributed by atoms with E-state index in [-0.39, 0.29) is 0 Å². The number of rotatable bonds is 0. The van der Waals surface area contributed by atoms with E-state index < -0.39 is 0 Å². The zero-order valence-electron chi connectivity index (χ0n) is 5.59. The van der Waals surface area contributed by atoms with E-state index in [1.54, 1.807) is 0 Å². The summed E-state index contributed by atoms with van der Waals surface area (Å²) < 4.78 is 0. The van der Waals surface area contributed by atoms with Gasteiger partial charge < -0.3 is 0 Å². The quantitative estimate of drug-likeness (QED) is 0.482. The minimum Gasteiger partial charge on any atom is -0.234 e. The molecule has 3 heteroatoms. The first-order valence-corrected chi connectivity index (χ1v) is 3.82. The van der Waals surface area contributed by atoms with Gasteiger partial charge in [0.1, 0.15) is 0 Å². The number of thioether (sulfide) groups is 1. The van der Waals surface area contributed by atoms with E-state index in [0.717, 1.165) is 5.88 Å². The molecule has 0 amide bonds. The minimum atomic E-state index is 0.667. The van der Waals surface area contributed by atoms with Gasteiger partial charge in [-0.15, -0.1) is 11.8 Å². The van der Waals surface area contributed by atoms with E-state index in [9.17, 15) is 0 Å². The zero-order chi connectivity index (χ0) is 6.15. The molecule has 0 radical (unpaired) electrons. The Kier molecular flexibility index (Phi) is 1.80. The van der Waals surface area contributed by atoms with E-state index in [4.69, 9.17) is 0 Å². The molecule has 48 valence electrons. The lowest BCUT2D eigenvalue weighted by molar-refractivity contribution is 0.0608. The Balaban J connectivity index is 2.44. The van der Waals surface area contributed by atoms with Crippen LogP contribution in [0.15, 0.2) is 0 Å². The summed E-state index contributed by atoms with van der Waals surface area (Å²) in [5.74, 6) is 1.14. The van der Waals surface area contributed by atoms with Gasteiger partial charge in [0.2, 0.25) is 0 Å². The van der Waals surface area contributed by atoms with Crippen molar-refractivity contribution in [2.24, 2.45) is 0 Å². The summed E-state index contributed by atoms with van der Waals surface area (Å²) in [6, 6.07) is 0. The maximum atomic E-state index is 2.24. The Morgan fingerprint density at radius 2 is 2.12 bits per heavy atom. The number of hydrogen-bond acceptors (Lipinski definition) is 3. The van der Waals surface area contributed by atoms with Crippen LogP contribution in [0.3, 0.4) is 0 Å². The second-order valence-corrected chi connectivity index (χ2v) is 3.40. The van der Waals surface area contributed by atoms with E-state index in [2.05, 4.69) is 31.0 Å². The molecule has 0 bridgehead atoms. The first kappa shape index (κ1) is 6.39. The van der Waals surface area contributed by atoms with Crippen molar-refractivity contribution in [3.63, 3.8) is 0 Å². The van der Waals surface area contributed by atoms with Gasteiger partial charge >= 0.3 is 0 Å². The van der Waals surface area contributed by atoms with Crippen molar-refractivity contribution in [1.82, 2.24) is 10.0 Å².